The number of anilines is 1. The molecule has 0 radical (unpaired) electrons. The van der Waals surface area contributed by atoms with E-state index >= 15 is 0 Å². The molecule has 0 aliphatic carbocycles. The number of aromatic nitrogens is 2. The van der Waals surface area contributed by atoms with Gasteiger partial charge in [-0.2, -0.15) is 0 Å². The van der Waals surface area contributed by atoms with Crippen LogP contribution in [-0.2, 0) is 29.2 Å². The number of rotatable bonds is 8. The van der Waals surface area contributed by atoms with Crippen LogP contribution in [0.25, 0.3) is 0 Å². The summed E-state index contributed by atoms with van der Waals surface area (Å²) < 4.78 is 12.9. The minimum Gasteiger partial charge on any atom is -0.381 e. The van der Waals surface area contributed by atoms with Gasteiger partial charge in [-0.25, -0.2) is 14.6 Å². The topological polar surface area (TPSA) is 94.5 Å². The van der Waals surface area contributed by atoms with Crippen LogP contribution in [0.1, 0.15) is 29.5 Å². The van der Waals surface area contributed by atoms with Gasteiger partial charge in [0.25, 0.3) is 0 Å². The van der Waals surface area contributed by atoms with Gasteiger partial charge in [0.15, 0.2) is 0 Å². The standard InChI is InChI=1S/C25H28N4O4/c30-24(28-22-7-2-5-20(15-22)17-29-11-3-10-26-25(29)31)27-16-19-4-1-6-21(14-19)18-33-23-8-12-32-13-9-23/h1-7,10-11,14-15,23H,8-9,12-13,16-18H2,(H2,27,28,30). The van der Waals surface area contributed by atoms with Gasteiger partial charge in [0.1, 0.15) is 0 Å². The highest BCUT2D eigenvalue weighted by atomic mass is 16.5. The zero-order valence-corrected chi connectivity index (χ0v) is 18.4. The van der Waals surface area contributed by atoms with E-state index in [1.165, 1.54) is 10.8 Å². The maximum absolute atomic E-state index is 12.4. The van der Waals surface area contributed by atoms with E-state index in [4.69, 9.17) is 9.47 Å². The Kier molecular flexibility index (Phi) is 7.84. The second-order valence-corrected chi connectivity index (χ2v) is 7.98. The first kappa shape index (κ1) is 22.7. The number of benzene rings is 2. The van der Waals surface area contributed by atoms with Gasteiger partial charge in [-0.05, 0) is 47.7 Å². The van der Waals surface area contributed by atoms with E-state index in [1.54, 1.807) is 12.3 Å². The minimum atomic E-state index is -0.311. The molecule has 2 aromatic carbocycles. The smallest absolute Gasteiger partial charge is 0.347 e. The molecule has 1 fully saturated rings. The molecule has 1 aromatic heterocycles. The molecule has 2 amide bonds. The maximum Gasteiger partial charge on any atom is 0.347 e. The van der Waals surface area contributed by atoms with Crippen molar-refractivity contribution in [2.75, 3.05) is 18.5 Å². The molecule has 4 rings (SSSR count). The first-order valence-corrected chi connectivity index (χ1v) is 11.1. The largest absolute Gasteiger partial charge is 0.381 e. The number of carbonyl (C=O) groups excluding carboxylic acids is 1. The summed E-state index contributed by atoms with van der Waals surface area (Å²) in [4.78, 5) is 28.0. The van der Waals surface area contributed by atoms with Crippen LogP contribution in [-0.4, -0.2) is 34.9 Å². The Hall–Kier alpha value is -3.49. The third-order valence-corrected chi connectivity index (χ3v) is 5.42. The average molecular weight is 449 g/mol. The van der Waals surface area contributed by atoms with Crippen molar-refractivity contribution in [3.05, 3.63) is 94.2 Å². The minimum absolute atomic E-state index is 0.249. The van der Waals surface area contributed by atoms with Crippen molar-refractivity contribution in [3.8, 4) is 0 Å². The summed E-state index contributed by atoms with van der Waals surface area (Å²) in [5, 5.41) is 5.73. The normalized spacial score (nSPS) is 14.1. The molecule has 0 atom stereocenters. The van der Waals surface area contributed by atoms with Crippen molar-refractivity contribution in [2.24, 2.45) is 0 Å². The summed E-state index contributed by atoms with van der Waals surface area (Å²) in [5.41, 5.74) is 3.32. The summed E-state index contributed by atoms with van der Waals surface area (Å²) in [6.07, 6.45) is 5.27. The number of amides is 2. The predicted octanol–water partition coefficient (Wildman–Crippen LogP) is 3.31. The molecule has 1 aliphatic rings. The fourth-order valence-corrected chi connectivity index (χ4v) is 3.70. The summed E-state index contributed by atoms with van der Waals surface area (Å²) in [6, 6.07) is 16.8. The van der Waals surface area contributed by atoms with Crippen molar-refractivity contribution < 1.29 is 14.3 Å². The summed E-state index contributed by atoms with van der Waals surface area (Å²) in [6.45, 7) is 2.86. The van der Waals surface area contributed by atoms with Crippen LogP contribution in [0.15, 0.2) is 71.8 Å². The van der Waals surface area contributed by atoms with Crippen molar-refractivity contribution in [1.82, 2.24) is 14.9 Å². The highest BCUT2D eigenvalue weighted by Crippen LogP contribution is 2.15. The summed E-state index contributed by atoms with van der Waals surface area (Å²) in [5.74, 6) is 0. The van der Waals surface area contributed by atoms with Crippen LogP contribution >= 0.6 is 0 Å². The van der Waals surface area contributed by atoms with Crippen molar-refractivity contribution in [1.29, 1.82) is 0 Å². The van der Waals surface area contributed by atoms with Crippen molar-refractivity contribution in [3.63, 3.8) is 0 Å². The van der Waals surface area contributed by atoms with E-state index in [0.717, 1.165) is 42.7 Å². The van der Waals surface area contributed by atoms with Crippen LogP contribution < -0.4 is 16.3 Å². The molecule has 0 bridgehead atoms. The zero-order valence-electron chi connectivity index (χ0n) is 18.4. The lowest BCUT2D eigenvalue weighted by Gasteiger charge is -2.22. The summed E-state index contributed by atoms with van der Waals surface area (Å²) >= 11 is 0. The number of nitrogens with zero attached hydrogens (tertiary/aromatic N) is 2. The Morgan fingerprint density at radius 1 is 1.06 bits per heavy atom. The number of nitrogens with one attached hydrogen (secondary N) is 2. The van der Waals surface area contributed by atoms with Gasteiger partial charge >= 0.3 is 11.7 Å². The SMILES string of the molecule is O=C(NCc1cccc(COC2CCOCC2)c1)Nc1cccc(Cn2cccnc2=O)c1. The highest BCUT2D eigenvalue weighted by Gasteiger charge is 2.14. The predicted molar refractivity (Wildman–Crippen MR) is 125 cm³/mol. The van der Waals surface area contributed by atoms with E-state index in [9.17, 15) is 9.59 Å². The second kappa shape index (κ2) is 11.4. The Morgan fingerprint density at radius 2 is 1.85 bits per heavy atom. The van der Waals surface area contributed by atoms with Gasteiger partial charge in [0.2, 0.25) is 0 Å². The van der Waals surface area contributed by atoms with Gasteiger partial charge in [-0.15, -0.1) is 0 Å². The molecule has 1 saturated heterocycles. The van der Waals surface area contributed by atoms with Crippen molar-refractivity contribution in [2.45, 2.75) is 38.6 Å². The van der Waals surface area contributed by atoms with Crippen LogP contribution in [0.4, 0.5) is 10.5 Å². The van der Waals surface area contributed by atoms with E-state index in [-0.39, 0.29) is 17.8 Å². The third kappa shape index (κ3) is 7.00. The molecule has 8 heteroatoms. The number of urea groups is 1. The monoisotopic (exact) mass is 448 g/mol. The molecular weight excluding hydrogens is 420 g/mol. The molecule has 0 saturated carbocycles. The first-order chi connectivity index (χ1) is 16.2. The molecular formula is C25H28N4O4. The van der Waals surface area contributed by atoms with Gasteiger partial charge in [-0.1, -0.05) is 36.4 Å². The molecule has 0 spiro atoms. The molecule has 1 aliphatic heterocycles. The lowest BCUT2D eigenvalue weighted by Crippen LogP contribution is -2.28. The molecule has 2 heterocycles. The Labute approximate surface area is 192 Å². The molecule has 0 unspecified atom stereocenters. The molecule has 2 N–H and O–H groups in total. The van der Waals surface area contributed by atoms with Crippen LogP contribution in [0.5, 0.6) is 0 Å². The molecule has 3 aromatic rings. The quantitative estimate of drug-likeness (QED) is 0.551. The number of hydrogen-bond acceptors (Lipinski definition) is 5. The van der Waals surface area contributed by atoms with Crippen LogP contribution in [0.2, 0.25) is 0 Å². The van der Waals surface area contributed by atoms with E-state index in [2.05, 4.69) is 15.6 Å². The van der Waals surface area contributed by atoms with E-state index in [0.29, 0.717) is 25.4 Å². The maximum atomic E-state index is 12.4. The lowest BCUT2D eigenvalue weighted by molar-refractivity contribution is -0.0390. The highest BCUT2D eigenvalue weighted by molar-refractivity contribution is 5.89. The average Bonchev–Trinajstić information content (AvgIpc) is 2.84. The van der Waals surface area contributed by atoms with Crippen molar-refractivity contribution >= 4 is 11.7 Å². The van der Waals surface area contributed by atoms with Crippen LogP contribution in [0.3, 0.4) is 0 Å². The summed E-state index contributed by atoms with van der Waals surface area (Å²) in [7, 11) is 0. The molecule has 8 nitrogen and oxygen atoms in total. The Morgan fingerprint density at radius 3 is 2.70 bits per heavy atom. The number of ether oxygens (including phenoxy) is 2. The fourth-order valence-electron chi connectivity index (χ4n) is 3.70. The van der Waals surface area contributed by atoms with Gasteiger partial charge < -0.3 is 20.1 Å². The molecule has 172 valence electrons. The number of hydrogen-bond donors (Lipinski definition) is 2. The number of carbonyl (C=O) groups is 1. The van der Waals surface area contributed by atoms with E-state index < -0.39 is 0 Å². The molecule has 33 heavy (non-hydrogen) atoms. The van der Waals surface area contributed by atoms with Gasteiger partial charge in [-0.3, -0.25) is 4.57 Å². The second-order valence-electron chi connectivity index (χ2n) is 7.98. The zero-order chi connectivity index (χ0) is 22.9. The third-order valence-electron chi connectivity index (χ3n) is 5.42. The lowest BCUT2D eigenvalue weighted by atomic mass is 10.1. The Balaban J connectivity index is 1.27. The Bertz CT molecular complexity index is 1120. The van der Waals surface area contributed by atoms with Crippen LogP contribution in [0, 0.1) is 0 Å². The van der Waals surface area contributed by atoms with Gasteiger partial charge in [0, 0.05) is 37.8 Å². The fraction of sp³-hybridized carbons (Fsp3) is 0.320. The first-order valence-electron chi connectivity index (χ1n) is 11.1. The van der Waals surface area contributed by atoms with Gasteiger partial charge in [0.05, 0.1) is 19.3 Å². The van der Waals surface area contributed by atoms with E-state index in [1.807, 2.05) is 48.5 Å².